The van der Waals surface area contributed by atoms with E-state index < -0.39 is 0 Å². The highest BCUT2D eigenvalue weighted by molar-refractivity contribution is 5.97. The Bertz CT molecular complexity index is 1240. The highest BCUT2D eigenvalue weighted by atomic mass is 16.2. The Kier molecular flexibility index (Phi) is 6.58. The van der Waals surface area contributed by atoms with E-state index in [2.05, 4.69) is 46.9 Å². The summed E-state index contributed by atoms with van der Waals surface area (Å²) in [5, 5.41) is 14.9. The fourth-order valence-corrected chi connectivity index (χ4v) is 5.78. The lowest BCUT2D eigenvalue weighted by molar-refractivity contribution is 0.0604. The van der Waals surface area contributed by atoms with Crippen LogP contribution in [0.4, 0.5) is 11.5 Å². The minimum absolute atomic E-state index is 0.00380. The van der Waals surface area contributed by atoms with Crippen molar-refractivity contribution < 1.29 is 4.79 Å². The first kappa shape index (κ1) is 23.2. The molecule has 1 N–H and O–H groups in total. The lowest BCUT2D eigenvalue weighted by Gasteiger charge is -2.35. The van der Waals surface area contributed by atoms with Crippen molar-refractivity contribution in [2.75, 3.05) is 36.4 Å². The normalized spacial score (nSPS) is 19.6. The number of carbonyl (C=O) groups is 1. The number of nitrogens with one attached hydrogen (secondary N) is 1. The number of hydrogen-bond donors (Lipinski definition) is 1. The van der Waals surface area contributed by atoms with Crippen molar-refractivity contribution >= 4 is 23.1 Å². The van der Waals surface area contributed by atoms with E-state index in [0.717, 1.165) is 92.3 Å². The van der Waals surface area contributed by atoms with Crippen LogP contribution in [0.5, 0.6) is 0 Å². The number of aromatic nitrogens is 3. The molecule has 2 aromatic heterocycles. The van der Waals surface area contributed by atoms with Crippen LogP contribution >= 0.6 is 0 Å². The van der Waals surface area contributed by atoms with Crippen molar-refractivity contribution in [3.8, 4) is 6.57 Å². The number of nitriles is 1. The molecule has 1 unspecified atom stereocenters. The fourth-order valence-electron chi connectivity index (χ4n) is 5.78. The topological polar surface area (TPSA) is 89.6 Å². The van der Waals surface area contributed by atoms with E-state index in [1.54, 1.807) is 0 Å². The fraction of sp³-hybridized carbons (Fsp3) is 0.481. The first-order chi connectivity index (χ1) is 17.2. The summed E-state index contributed by atoms with van der Waals surface area (Å²) >= 11 is 0. The van der Waals surface area contributed by atoms with Gasteiger partial charge in [0.1, 0.15) is 5.82 Å². The van der Waals surface area contributed by atoms with Gasteiger partial charge >= 0.3 is 0 Å². The Morgan fingerprint density at radius 2 is 1.91 bits per heavy atom. The van der Waals surface area contributed by atoms with Crippen molar-refractivity contribution in [3.05, 3.63) is 52.8 Å². The lowest BCUT2D eigenvalue weighted by atomic mass is 9.94. The van der Waals surface area contributed by atoms with Gasteiger partial charge in [0.15, 0.2) is 5.65 Å². The molecule has 1 atom stereocenters. The minimum Gasteiger partial charge on any atom is -0.385 e. The van der Waals surface area contributed by atoms with Crippen LogP contribution in [0, 0.1) is 18.8 Å². The van der Waals surface area contributed by atoms with Gasteiger partial charge in [-0.15, -0.1) is 0 Å². The van der Waals surface area contributed by atoms with Crippen LogP contribution < -0.4 is 10.2 Å². The van der Waals surface area contributed by atoms with Crippen LogP contribution in [-0.2, 0) is 6.42 Å². The molecule has 0 saturated carbocycles. The van der Waals surface area contributed by atoms with Crippen molar-refractivity contribution in [1.82, 2.24) is 19.5 Å². The van der Waals surface area contributed by atoms with Crippen LogP contribution in [0.1, 0.15) is 71.7 Å². The van der Waals surface area contributed by atoms with Gasteiger partial charge in [-0.3, -0.25) is 4.79 Å². The van der Waals surface area contributed by atoms with Crippen LogP contribution in [0.3, 0.4) is 0 Å². The molecule has 8 nitrogen and oxygen atoms in total. The van der Waals surface area contributed by atoms with E-state index in [0.29, 0.717) is 0 Å². The quantitative estimate of drug-likeness (QED) is 0.605. The van der Waals surface area contributed by atoms with Gasteiger partial charge in [0, 0.05) is 61.8 Å². The van der Waals surface area contributed by atoms with Crippen LogP contribution in [0.25, 0.3) is 5.65 Å². The van der Waals surface area contributed by atoms with Crippen LogP contribution in [0.2, 0.25) is 0 Å². The molecule has 3 aliphatic heterocycles. The monoisotopic (exact) mass is 471 g/mol. The zero-order valence-electron chi connectivity index (χ0n) is 20.4. The van der Waals surface area contributed by atoms with Gasteiger partial charge in [-0.1, -0.05) is 6.07 Å². The summed E-state index contributed by atoms with van der Waals surface area (Å²) < 4.78 is 1.90. The molecule has 1 amide bonds. The van der Waals surface area contributed by atoms with E-state index in [9.17, 15) is 4.79 Å². The first-order valence-corrected chi connectivity index (χ1v) is 12.7. The van der Waals surface area contributed by atoms with Gasteiger partial charge in [0.05, 0.1) is 11.7 Å². The molecule has 35 heavy (non-hydrogen) atoms. The highest BCUT2D eigenvalue weighted by Crippen LogP contribution is 2.34. The van der Waals surface area contributed by atoms with E-state index in [1.807, 2.05) is 16.6 Å². The summed E-state index contributed by atoms with van der Waals surface area (Å²) in [5.74, 6) is 1.21. The molecule has 6 rings (SSSR count). The van der Waals surface area contributed by atoms with Gasteiger partial charge in [-0.05, 0) is 69.6 Å². The maximum atomic E-state index is 13.8. The van der Waals surface area contributed by atoms with E-state index in [1.165, 1.54) is 18.4 Å². The Morgan fingerprint density at radius 3 is 2.74 bits per heavy atom. The molecule has 1 aromatic carbocycles. The standard InChI is InChI=1S/C26H32N6O.CHN/c1-18-17-32-24(28-25(18)30-13-4-5-14-30)16-22(29-32)23-11-2-3-15-31(23)26(33)20-8-6-10-21-19(20)9-7-12-27-21;1-2/h6,8,10,16-17,23,27H,2-5,7,9,11-15H2,1H3;1H. The number of carbonyl (C=O) groups excluding carboxylic acids is 1. The van der Waals surface area contributed by atoms with Crippen molar-refractivity contribution in [2.45, 2.75) is 57.9 Å². The Balaban J connectivity index is 0.00000124. The number of fused-ring (bicyclic) bond motifs is 2. The molecule has 8 heteroatoms. The number of rotatable bonds is 3. The molecule has 182 valence electrons. The lowest BCUT2D eigenvalue weighted by Crippen LogP contribution is -2.39. The second-order valence-electron chi connectivity index (χ2n) is 9.69. The van der Waals surface area contributed by atoms with Crippen LogP contribution in [0.15, 0.2) is 30.5 Å². The third-order valence-electron chi connectivity index (χ3n) is 7.46. The van der Waals surface area contributed by atoms with Crippen molar-refractivity contribution in [3.63, 3.8) is 0 Å². The predicted molar refractivity (Wildman–Crippen MR) is 137 cm³/mol. The summed E-state index contributed by atoms with van der Waals surface area (Å²) in [7, 11) is 0. The number of hydrogen-bond acceptors (Lipinski definition) is 6. The molecule has 0 aliphatic carbocycles. The second kappa shape index (κ2) is 9.95. The summed E-state index contributed by atoms with van der Waals surface area (Å²) in [5.41, 5.74) is 6.11. The number of anilines is 2. The number of amides is 1. The third kappa shape index (κ3) is 4.31. The van der Waals surface area contributed by atoms with Crippen molar-refractivity contribution in [1.29, 1.82) is 5.26 Å². The number of likely N-dealkylation sites (tertiary alicyclic amines) is 1. The Labute approximate surface area is 206 Å². The maximum absolute atomic E-state index is 13.8. The summed E-state index contributed by atoms with van der Waals surface area (Å²) in [6.45, 7) is 9.52. The van der Waals surface area contributed by atoms with Crippen molar-refractivity contribution in [2.24, 2.45) is 0 Å². The Morgan fingerprint density at radius 1 is 1.11 bits per heavy atom. The maximum Gasteiger partial charge on any atom is 0.254 e. The molecule has 3 aliphatic rings. The molecule has 0 radical (unpaired) electrons. The van der Waals surface area contributed by atoms with Gasteiger partial charge in [0.2, 0.25) is 0 Å². The molecular weight excluding hydrogens is 438 g/mol. The molecule has 2 fully saturated rings. The van der Waals surface area contributed by atoms with Gasteiger partial charge in [-0.2, -0.15) is 5.10 Å². The number of nitrogens with zero attached hydrogens (tertiary/aromatic N) is 6. The van der Waals surface area contributed by atoms with E-state index >= 15 is 0 Å². The molecular formula is C27H33N7O. The number of benzene rings is 1. The van der Waals surface area contributed by atoms with Crippen LogP contribution in [-0.4, -0.2) is 51.6 Å². The second-order valence-corrected chi connectivity index (χ2v) is 9.69. The summed E-state index contributed by atoms with van der Waals surface area (Å²) in [6.07, 6.45) is 9.68. The number of aryl methyl sites for hydroxylation is 1. The first-order valence-electron chi connectivity index (χ1n) is 12.7. The Hall–Kier alpha value is -3.60. The zero-order chi connectivity index (χ0) is 24.4. The average molecular weight is 472 g/mol. The largest absolute Gasteiger partial charge is 0.385 e. The molecule has 5 heterocycles. The molecule has 2 saturated heterocycles. The molecule has 3 aromatic rings. The third-order valence-corrected chi connectivity index (χ3v) is 7.46. The van der Waals surface area contributed by atoms with E-state index in [-0.39, 0.29) is 11.9 Å². The smallest absolute Gasteiger partial charge is 0.254 e. The average Bonchev–Trinajstić information content (AvgIpc) is 3.59. The minimum atomic E-state index is -0.00380. The highest BCUT2D eigenvalue weighted by Gasteiger charge is 2.32. The SMILES string of the molecule is C#N.Cc1cn2nc(C3CCCCN3C(=O)c3cccc4c3CCCN4)cc2nc1N1CCCC1. The van der Waals surface area contributed by atoms with Gasteiger partial charge in [-0.25, -0.2) is 14.8 Å². The summed E-state index contributed by atoms with van der Waals surface area (Å²) in [4.78, 5) is 23.2. The van der Waals surface area contributed by atoms with E-state index in [4.69, 9.17) is 15.3 Å². The van der Waals surface area contributed by atoms with Gasteiger partial charge in [0.25, 0.3) is 5.91 Å². The summed E-state index contributed by atoms with van der Waals surface area (Å²) in [6, 6.07) is 8.18. The number of piperidine rings is 1. The molecule has 0 spiro atoms. The molecule has 0 bridgehead atoms. The van der Waals surface area contributed by atoms with Gasteiger partial charge < -0.3 is 15.1 Å². The zero-order valence-corrected chi connectivity index (χ0v) is 20.4. The predicted octanol–water partition coefficient (Wildman–Crippen LogP) is 4.50.